The highest BCUT2D eigenvalue weighted by molar-refractivity contribution is 5.76. The molecular formula is C13H19F3N4O. The van der Waals surface area contributed by atoms with Gasteiger partial charge in [-0.3, -0.25) is 4.79 Å². The van der Waals surface area contributed by atoms with Gasteiger partial charge in [0.1, 0.15) is 11.6 Å². The molecule has 0 aliphatic rings. The molecule has 0 bridgehead atoms. The average Bonchev–Trinajstić information content (AvgIpc) is 2.38. The molecular weight excluding hydrogens is 285 g/mol. The number of nitrogens with two attached hydrogens (primary N) is 1. The zero-order valence-electron chi connectivity index (χ0n) is 12.0. The number of pyridine rings is 1. The van der Waals surface area contributed by atoms with Gasteiger partial charge in [0, 0.05) is 26.1 Å². The summed E-state index contributed by atoms with van der Waals surface area (Å²) in [7, 11) is 0. The van der Waals surface area contributed by atoms with Crippen molar-refractivity contribution in [3.8, 4) is 0 Å². The second kappa shape index (κ2) is 7.14. The van der Waals surface area contributed by atoms with Gasteiger partial charge >= 0.3 is 6.18 Å². The standard InChI is InChI=1S/C13H19F3N4O/c1-3-20(4-2)12(21)5-6-18-11-8-9(13(14,15)16)7-10(17)19-11/h7-8H,3-6H2,1-2H3,(H3,17,18,19). The fourth-order valence-corrected chi connectivity index (χ4v) is 1.84. The summed E-state index contributed by atoms with van der Waals surface area (Å²) >= 11 is 0. The maximum absolute atomic E-state index is 12.6. The number of alkyl halides is 3. The van der Waals surface area contributed by atoms with Crippen molar-refractivity contribution in [2.45, 2.75) is 26.4 Å². The van der Waals surface area contributed by atoms with Crippen molar-refractivity contribution in [1.82, 2.24) is 9.88 Å². The van der Waals surface area contributed by atoms with Crippen molar-refractivity contribution >= 4 is 17.5 Å². The third-order valence-corrected chi connectivity index (χ3v) is 2.93. The van der Waals surface area contributed by atoms with Crippen LogP contribution in [0.5, 0.6) is 0 Å². The van der Waals surface area contributed by atoms with E-state index in [2.05, 4.69) is 10.3 Å². The van der Waals surface area contributed by atoms with Gasteiger partial charge in [0.2, 0.25) is 5.91 Å². The zero-order chi connectivity index (χ0) is 16.0. The number of hydrogen-bond acceptors (Lipinski definition) is 4. The van der Waals surface area contributed by atoms with E-state index in [4.69, 9.17) is 5.73 Å². The van der Waals surface area contributed by atoms with Crippen LogP contribution in [0.25, 0.3) is 0 Å². The van der Waals surface area contributed by atoms with Gasteiger partial charge in [0.15, 0.2) is 0 Å². The molecule has 0 fully saturated rings. The molecule has 0 aromatic carbocycles. The van der Waals surface area contributed by atoms with Gasteiger partial charge < -0.3 is 16.0 Å². The molecule has 118 valence electrons. The predicted molar refractivity (Wildman–Crippen MR) is 74.7 cm³/mol. The first-order valence-corrected chi connectivity index (χ1v) is 6.64. The van der Waals surface area contributed by atoms with Crippen molar-refractivity contribution in [2.75, 3.05) is 30.7 Å². The molecule has 0 unspecified atom stereocenters. The van der Waals surface area contributed by atoms with Crippen molar-refractivity contribution in [3.05, 3.63) is 17.7 Å². The normalized spacial score (nSPS) is 11.3. The Balaban J connectivity index is 2.64. The van der Waals surface area contributed by atoms with Crippen LogP contribution < -0.4 is 11.1 Å². The Hall–Kier alpha value is -1.99. The van der Waals surface area contributed by atoms with E-state index in [1.54, 1.807) is 4.90 Å². The van der Waals surface area contributed by atoms with Crippen molar-refractivity contribution in [2.24, 2.45) is 0 Å². The number of rotatable bonds is 6. The lowest BCUT2D eigenvalue weighted by Gasteiger charge is -2.18. The smallest absolute Gasteiger partial charge is 0.384 e. The van der Waals surface area contributed by atoms with Crippen molar-refractivity contribution in [3.63, 3.8) is 0 Å². The summed E-state index contributed by atoms with van der Waals surface area (Å²) in [6.07, 6.45) is -4.30. The lowest BCUT2D eigenvalue weighted by Crippen LogP contribution is -2.31. The maximum atomic E-state index is 12.6. The maximum Gasteiger partial charge on any atom is 0.416 e. The lowest BCUT2D eigenvalue weighted by atomic mass is 10.2. The number of aromatic nitrogens is 1. The monoisotopic (exact) mass is 304 g/mol. The Bertz CT molecular complexity index is 487. The summed E-state index contributed by atoms with van der Waals surface area (Å²) in [5.74, 6) is -0.274. The van der Waals surface area contributed by atoms with Crippen LogP contribution in [-0.2, 0) is 11.0 Å². The molecule has 0 spiro atoms. The van der Waals surface area contributed by atoms with E-state index in [1.165, 1.54) is 0 Å². The Morgan fingerprint density at radius 1 is 1.33 bits per heavy atom. The number of anilines is 2. The summed E-state index contributed by atoms with van der Waals surface area (Å²) in [6, 6.07) is 1.64. The number of halogens is 3. The van der Waals surface area contributed by atoms with Crippen molar-refractivity contribution < 1.29 is 18.0 Å². The number of carbonyl (C=O) groups is 1. The van der Waals surface area contributed by atoms with E-state index in [-0.39, 0.29) is 30.5 Å². The molecule has 1 amide bonds. The fourth-order valence-electron chi connectivity index (χ4n) is 1.84. The van der Waals surface area contributed by atoms with Crippen LogP contribution in [-0.4, -0.2) is 35.4 Å². The third-order valence-electron chi connectivity index (χ3n) is 2.93. The van der Waals surface area contributed by atoms with Gasteiger partial charge in [0.25, 0.3) is 0 Å². The molecule has 0 saturated heterocycles. The van der Waals surface area contributed by atoms with E-state index in [9.17, 15) is 18.0 Å². The molecule has 1 rings (SSSR count). The van der Waals surface area contributed by atoms with Gasteiger partial charge in [-0.05, 0) is 26.0 Å². The van der Waals surface area contributed by atoms with Gasteiger partial charge in [-0.15, -0.1) is 0 Å². The largest absolute Gasteiger partial charge is 0.416 e. The Kier molecular flexibility index (Phi) is 5.80. The number of amides is 1. The minimum Gasteiger partial charge on any atom is -0.384 e. The summed E-state index contributed by atoms with van der Waals surface area (Å²) < 4.78 is 37.9. The molecule has 0 aliphatic carbocycles. The van der Waals surface area contributed by atoms with Crippen LogP contribution in [0.1, 0.15) is 25.8 Å². The van der Waals surface area contributed by atoms with E-state index < -0.39 is 11.7 Å². The number of nitrogens with zero attached hydrogens (tertiary/aromatic N) is 2. The molecule has 1 heterocycles. The van der Waals surface area contributed by atoms with E-state index in [1.807, 2.05) is 13.8 Å². The molecule has 0 aliphatic heterocycles. The van der Waals surface area contributed by atoms with Crippen LogP contribution in [0.2, 0.25) is 0 Å². The van der Waals surface area contributed by atoms with E-state index in [0.29, 0.717) is 13.1 Å². The highest BCUT2D eigenvalue weighted by atomic mass is 19.4. The summed E-state index contributed by atoms with van der Waals surface area (Å²) in [4.78, 5) is 17.2. The van der Waals surface area contributed by atoms with E-state index in [0.717, 1.165) is 12.1 Å². The molecule has 0 radical (unpaired) electrons. The molecule has 8 heteroatoms. The van der Waals surface area contributed by atoms with Crippen LogP contribution in [0.4, 0.5) is 24.8 Å². The molecule has 1 aromatic heterocycles. The number of nitrogens with one attached hydrogen (secondary N) is 1. The van der Waals surface area contributed by atoms with Crippen LogP contribution in [0, 0.1) is 0 Å². The molecule has 1 aromatic rings. The quantitative estimate of drug-likeness (QED) is 0.846. The number of carbonyl (C=O) groups excluding carboxylic acids is 1. The first-order chi connectivity index (χ1) is 9.77. The highest BCUT2D eigenvalue weighted by Crippen LogP contribution is 2.31. The van der Waals surface area contributed by atoms with Crippen LogP contribution >= 0.6 is 0 Å². The zero-order valence-corrected chi connectivity index (χ0v) is 12.0. The summed E-state index contributed by atoms with van der Waals surface area (Å²) in [5.41, 5.74) is 4.48. The first kappa shape index (κ1) is 17.1. The second-order valence-corrected chi connectivity index (χ2v) is 4.41. The summed E-state index contributed by atoms with van der Waals surface area (Å²) in [5, 5.41) is 2.69. The number of hydrogen-bond donors (Lipinski definition) is 2. The highest BCUT2D eigenvalue weighted by Gasteiger charge is 2.31. The first-order valence-electron chi connectivity index (χ1n) is 6.64. The molecule has 5 nitrogen and oxygen atoms in total. The Morgan fingerprint density at radius 2 is 1.95 bits per heavy atom. The second-order valence-electron chi connectivity index (χ2n) is 4.41. The minimum atomic E-state index is -4.48. The molecule has 21 heavy (non-hydrogen) atoms. The van der Waals surface area contributed by atoms with Crippen LogP contribution in [0.3, 0.4) is 0 Å². The Morgan fingerprint density at radius 3 is 2.48 bits per heavy atom. The number of nitrogen functional groups attached to an aromatic ring is 1. The summed E-state index contributed by atoms with van der Waals surface area (Å²) in [6.45, 7) is 5.13. The minimum absolute atomic E-state index is 0.00896. The van der Waals surface area contributed by atoms with E-state index >= 15 is 0 Å². The van der Waals surface area contributed by atoms with Gasteiger partial charge in [-0.25, -0.2) is 4.98 Å². The fraction of sp³-hybridized carbons (Fsp3) is 0.538. The molecule has 0 saturated carbocycles. The van der Waals surface area contributed by atoms with Gasteiger partial charge in [-0.2, -0.15) is 13.2 Å². The molecule has 3 N–H and O–H groups in total. The predicted octanol–water partition coefficient (Wildman–Crippen LogP) is 2.35. The third kappa shape index (κ3) is 5.13. The van der Waals surface area contributed by atoms with Gasteiger partial charge in [0.05, 0.1) is 5.56 Å². The van der Waals surface area contributed by atoms with Crippen molar-refractivity contribution in [1.29, 1.82) is 0 Å². The Labute approximate surface area is 121 Å². The average molecular weight is 304 g/mol. The van der Waals surface area contributed by atoms with Crippen LogP contribution in [0.15, 0.2) is 12.1 Å². The topological polar surface area (TPSA) is 71.2 Å². The van der Waals surface area contributed by atoms with Gasteiger partial charge in [-0.1, -0.05) is 0 Å². The SMILES string of the molecule is CCN(CC)C(=O)CCNc1cc(C(F)(F)F)cc(N)n1. The molecule has 0 atom stereocenters. The lowest BCUT2D eigenvalue weighted by molar-refractivity contribution is -0.137.